The van der Waals surface area contributed by atoms with E-state index >= 15 is 0 Å². The summed E-state index contributed by atoms with van der Waals surface area (Å²) < 4.78 is 37.7. The zero-order valence-electron chi connectivity index (χ0n) is 7.49. The molecule has 0 bridgehead atoms. The SMILES string of the molecule is O=C1CCc2c1cc(Cl)cc2C(F)(F)F. The van der Waals surface area contributed by atoms with Crippen LogP contribution in [0, 0.1) is 0 Å². The number of alkyl halides is 3. The summed E-state index contributed by atoms with van der Waals surface area (Å²) in [4.78, 5) is 11.3. The Balaban J connectivity index is 2.67. The normalized spacial score (nSPS) is 15.6. The Morgan fingerprint density at radius 2 is 1.87 bits per heavy atom. The summed E-state index contributed by atoms with van der Waals surface area (Å²) in [5, 5.41) is -0.0451. The van der Waals surface area contributed by atoms with Gasteiger partial charge in [0.05, 0.1) is 5.56 Å². The molecule has 0 N–H and O–H groups in total. The number of ketones is 1. The van der Waals surface area contributed by atoms with E-state index in [4.69, 9.17) is 11.6 Å². The summed E-state index contributed by atoms with van der Waals surface area (Å²) in [6, 6.07) is 2.18. The van der Waals surface area contributed by atoms with E-state index in [0.29, 0.717) is 0 Å². The van der Waals surface area contributed by atoms with Crippen molar-refractivity contribution in [2.75, 3.05) is 0 Å². The average Bonchev–Trinajstić information content (AvgIpc) is 2.45. The lowest BCUT2D eigenvalue weighted by Crippen LogP contribution is -2.09. The Morgan fingerprint density at radius 1 is 1.20 bits per heavy atom. The summed E-state index contributed by atoms with van der Waals surface area (Å²) >= 11 is 5.55. The highest BCUT2D eigenvalue weighted by atomic mass is 35.5. The maximum atomic E-state index is 12.6. The van der Waals surface area contributed by atoms with Crippen molar-refractivity contribution in [3.63, 3.8) is 0 Å². The molecule has 0 amide bonds. The van der Waals surface area contributed by atoms with Crippen LogP contribution in [-0.2, 0) is 12.6 Å². The maximum absolute atomic E-state index is 12.6. The molecule has 80 valence electrons. The number of benzene rings is 1. The van der Waals surface area contributed by atoms with Crippen molar-refractivity contribution in [2.24, 2.45) is 0 Å². The molecule has 15 heavy (non-hydrogen) atoms. The van der Waals surface area contributed by atoms with E-state index in [1.54, 1.807) is 0 Å². The summed E-state index contributed by atoms with van der Waals surface area (Å²) in [6.07, 6.45) is -4.15. The largest absolute Gasteiger partial charge is 0.416 e. The molecule has 0 fully saturated rings. The first kappa shape index (κ1) is 10.5. The third kappa shape index (κ3) is 1.74. The van der Waals surface area contributed by atoms with Crippen molar-refractivity contribution in [3.8, 4) is 0 Å². The molecule has 2 rings (SSSR count). The molecule has 1 aromatic rings. The number of hydrogen-bond donors (Lipinski definition) is 0. The van der Waals surface area contributed by atoms with Crippen molar-refractivity contribution in [2.45, 2.75) is 19.0 Å². The molecule has 0 atom stereocenters. The highest BCUT2D eigenvalue weighted by Crippen LogP contribution is 2.38. The van der Waals surface area contributed by atoms with Crippen LogP contribution >= 0.6 is 11.6 Å². The zero-order valence-corrected chi connectivity index (χ0v) is 8.24. The molecule has 0 saturated carbocycles. The maximum Gasteiger partial charge on any atom is 0.416 e. The number of halogens is 4. The zero-order chi connectivity index (χ0) is 11.2. The van der Waals surface area contributed by atoms with Crippen LogP contribution in [0.4, 0.5) is 13.2 Å². The van der Waals surface area contributed by atoms with Crippen LogP contribution in [0.1, 0.15) is 27.9 Å². The number of carbonyl (C=O) groups is 1. The Bertz CT molecular complexity index is 437. The number of rotatable bonds is 0. The van der Waals surface area contributed by atoms with Gasteiger partial charge in [0, 0.05) is 17.0 Å². The van der Waals surface area contributed by atoms with Gasteiger partial charge in [-0.25, -0.2) is 0 Å². The van der Waals surface area contributed by atoms with Crippen LogP contribution in [0.5, 0.6) is 0 Å². The summed E-state index contributed by atoms with van der Waals surface area (Å²) in [5.74, 6) is -0.266. The first-order chi connectivity index (χ1) is 6.89. The molecule has 0 aliphatic heterocycles. The summed E-state index contributed by atoms with van der Waals surface area (Å²) in [5.41, 5.74) is -0.581. The molecule has 0 spiro atoms. The second-order valence-corrected chi connectivity index (χ2v) is 3.84. The van der Waals surface area contributed by atoms with E-state index < -0.39 is 11.7 Å². The first-order valence-corrected chi connectivity index (χ1v) is 4.70. The number of carbonyl (C=O) groups excluding carboxylic acids is 1. The molecule has 1 nitrogen and oxygen atoms in total. The number of hydrogen-bond acceptors (Lipinski definition) is 1. The second kappa shape index (κ2) is 3.23. The van der Waals surface area contributed by atoms with Gasteiger partial charge in [-0.1, -0.05) is 11.6 Å². The van der Waals surface area contributed by atoms with E-state index in [0.717, 1.165) is 6.07 Å². The molecule has 0 heterocycles. The van der Waals surface area contributed by atoms with Gasteiger partial charge in [0.25, 0.3) is 0 Å². The second-order valence-electron chi connectivity index (χ2n) is 3.40. The molecule has 0 saturated heterocycles. The minimum atomic E-state index is -4.44. The fraction of sp³-hybridized carbons (Fsp3) is 0.300. The predicted molar refractivity (Wildman–Crippen MR) is 49.1 cm³/mol. The minimum absolute atomic E-state index is 0.0451. The van der Waals surface area contributed by atoms with Gasteiger partial charge >= 0.3 is 6.18 Å². The monoisotopic (exact) mass is 234 g/mol. The Morgan fingerprint density at radius 3 is 2.47 bits per heavy atom. The average molecular weight is 235 g/mol. The van der Waals surface area contributed by atoms with E-state index in [-0.39, 0.29) is 34.8 Å². The van der Waals surface area contributed by atoms with Gasteiger partial charge < -0.3 is 0 Å². The van der Waals surface area contributed by atoms with E-state index in [9.17, 15) is 18.0 Å². The molecule has 0 aromatic heterocycles. The minimum Gasteiger partial charge on any atom is -0.294 e. The summed E-state index contributed by atoms with van der Waals surface area (Å²) in [6.45, 7) is 0. The third-order valence-electron chi connectivity index (χ3n) is 2.42. The van der Waals surface area contributed by atoms with Crippen molar-refractivity contribution in [1.82, 2.24) is 0 Å². The third-order valence-corrected chi connectivity index (χ3v) is 2.64. The van der Waals surface area contributed by atoms with Gasteiger partial charge in [0.15, 0.2) is 5.78 Å². The van der Waals surface area contributed by atoms with Crippen LogP contribution in [0.15, 0.2) is 12.1 Å². The lowest BCUT2D eigenvalue weighted by atomic mass is 10.0. The highest BCUT2D eigenvalue weighted by molar-refractivity contribution is 6.31. The highest BCUT2D eigenvalue weighted by Gasteiger charge is 2.37. The van der Waals surface area contributed by atoms with Crippen molar-refractivity contribution in [1.29, 1.82) is 0 Å². The topological polar surface area (TPSA) is 17.1 Å². The standard InChI is InChI=1S/C10H6ClF3O/c11-5-3-7-6(1-2-9(7)15)8(4-5)10(12,13)14/h3-4H,1-2H2. The molecular formula is C10H6ClF3O. The fourth-order valence-electron chi connectivity index (χ4n) is 1.78. The van der Waals surface area contributed by atoms with Crippen LogP contribution in [0.2, 0.25) is 5.02 Å². The lowest BCUT2D eigenvalue weighted by Gasteiger charge is -2.11. The summed E-state index contributed by atoms with van der Waals surface area (Å²) in [7, 11) is 0. The van der Waals surface area contributed by atoms with Gasteiger partial charge in [0.2, 0.25) is 0 Å². The number of Topliss-reactive ketones (excluding diaryl/α,β-unsaturated/α-hetero) is 1. The van der Waals surface area contributed by atoms with Gasteiger partial charge in [-0.3, -0.25) is 4.79 Å². The first-order valence-electron chi connectivity index (χ1n) is 4.32. The Kier molecular flexibility index (Phi) is 2.26. The Labute approximate surface area is 88.8 Å². The molecule has 5 heteroatoms. The molecule has 0 radical (unpaired) electrons. The van der Waals surface area contributed by atoms with Crippen molar-refractivity contribution in [3.05, 3.63) is 33.8 Å². The number of fused-ring (bicyclic) bond motifs is 1. The predicted octanol–water partition coefficient (Wildman–Crippen LogP) is 3.49. The lowest BCUT2D eigenvalue weighted by molar-refractivity contribution is -0.138. The fourth-order valence-corrected chi connectivity index (χ4v) is 2.00. The molecule has 1 aliphatic rings. The molecule has 1 aliphatic carbocycles. The van der Waals surface area contributed by atoms with Gasteiger partial charge in [-0.15, -0.1) is 0 Å². The molecule has 1 aromatic carbocycles. The van der Waals surface area contributed by atoms with E-state index in [1.165, 1.54) is 6.07 Å². The van der Waals surface area contributed by atoms with Crippen LogP contribution < -0.4 is 0 Å². The quantitative estimate of drug-likeness (QED) is 0.672. The van der Waals surface area contributed by atoms with Gasteiger partial charge in [-0.05, 0) is 24.1 Å². The van der Waals surface area contributed by atoms with Crippen molar-refractivity contribution >= 4 is 17.4 Å². The van der Waals surface area contributed by atoms with E-state index in [2.05, 4.69) is 0 Å². The Hall–Kier alpha value is -1.03. The smallest absolute Gasteiger partial charge is 0.294 e. The van der Waals surface area contributed by atoms with Gasteiger partial charge in [0.1, 0.15) is 0 Å². The van der Waals surface area contributed by atoms with Crippen LogP contribution in [-0.4, -0.2) is 5.78 Å². The van der Waals surface area contributed by atoms with Crippen LogP contribution in [0.25, 0.3) is 0 Å². The molecular weight excluding hydrogens is 229 g/mol. The molecule has 0 unspecified atom stereocenters. The van der Waals surface area contributed by atoms with E-state index in [1.807, 2.05) is 0 Å². The van der Waals surface area contributed by atoms with Gasteiger partial charge in [-0.2, -0.15) is 13.2 Å². The van der Waals surface area contributed by atoms with Crippen molar-refractivity contribution < 1.29 is 18.0 Å². The van der Waals surface area contributed by atoms with Crippen LogP contribution in [0.3, 0.4) is 0 Å².